The highest BCUT2D eigenvalue weighted by Crippen LogP contribution is 2.29. The van der Waals surface area contributed by atoms with Gasteiger partial charge in [0.05, 0.1) is 22.0 Å². The molecule has 0 unspecified atom stereocenters. The number of nitrogen functional groups attached to an aromatic ring is 1. The second kappa shape index (κ2) is 4.51. The summed E-state index contributed by atoms with van der Waals surface area (Å²) in [6, 6.07) is 7.27. The number of fused-ring (bicyclic) bond motifs is 1. The molecule has 1 aliphatic rings. The highest BCUT2D eigenvalue weighted by Gasteiger charge is 2.28. The summed E-state index contributed by atoms with van der Waals surface area (Å²) in [5.41, 5.74) is 7.42. The molecule has 1 amide bonds. The Balaban J connectivity index is 2.03. The van der Waals surface area contributed by atoms with Gasteiger partial charge in [0, 0.05) is 19.2 Å². The van der Waals surface area contributed by atoms with E-state index >= 15 is 0 Å². The van der Waals surface area contributed by atoms with E-state index in [1.165, 1.54) is 6.20 Å². The van der Waals surface area contributed by atoms with Crippen LogP contribution in [0.4, 0.5) is 11.6 Å². The van der Waals surface area contributed by atoms with Crippen molar-refractivity contribution >= 4 is 29.1 Å². The number of carbonyl (C=O) groups is 1. The molecule has 0 fully saturated rings. The minimum atomic E-state index is -0.144. The van der Waals surface area contributed by atoms with Gasteiger partial charge in [0.2, 0.25) is 5.95 Å². The van der Waals surface area contributed by atoms with E-state index in [-0.39, 0.29) is 11.9 Å². The Morgan fingerprint density at radius 2 is 2.11 bits per heavy atom. The number of nitrogens with zero attached hydrogens (tertiary/aromatic N) is 3. The van der Waals surface area contributed by atoms with E-state index < -0.39 is 0 Å². The minimum Gasteiger partial charge on any atom is -0.368 e. The van der Waals surface area contributed by atoms with Crippen LogP contribution in [0.15, 0.2) is 30.5 Å². The first-order valence-electron chi connectivity index (χ1n) is 5.84. The number of aromatic nitrogens is 2. The summed E-state index contributed by atoms with van der Waals surface area (Å²) < 4.78 is 0. The number of hydrogen-bond donors (Lipinski definition) is 1. The number of anilines is 2. The number of benzene rings is 1. The first-order valence-corrected chi connectivity index (χ1v) is 6.22. The zero-order valence-corrected chi connectivity index (χ0v) is 10.8. The highest BCUT2D eigenvalue weighted by molar-refractivity contribution is 6.34. The lowest BCUT2D eigenvalue weighted by Crippen LogP contribution is -2.38. The third-order valence-corrected chi connectivity index (χ3v) is 3.40. The van der Waals surface area contributed by atoms with Crippen molar-refractivity contribution in [2.24, 2.45) is 0 Å². The van der Waals surface area contributed by atoms with E-state index in [2.05, 4.69) is 9.97 Å². The molecule has 2 heterocycles. The molecule has 3 rings (SSSR count). The number of carbonyl (C=O) groups excluding carboxylic acids is 1. The van der Waals surface area contributed by atoms with Crippen molar-refractivity contribution in [2.75, 3.05) is 17.2 Å². The quantitative estimate of drug-likeness (QED) is 0.862. The second-order valence-electron chi connectivity index (χ2n) is 4.25. The molecule has 5 nitrogen and oxygen atoms in total. The molecule has 2 N–H and O–H groups in total. The molecule has 0 saturated heterocycles. The summed E-state index contributed by atoms with van der Waals surface area (Å²) in [6.07, 6.45) is 2.11. The van der Waals surface area contributed by atoms with Crippen molar-refractivity contribution in [3.8, 4) is 0 Å². The molecule has 0 atom stereocenters. The Kier molecular flexibility index (Phi) is 2.83. The van der Waals surface area contributed by atoms with E-state index in [9.17, 15) is 4.79 Å². The summed E-state index contributed by atoms with van der Waals surface area (Å²) in [5.74, 6) is 0.0482. The lowest BCUT2D eigenvalue weighted by molar-refractivity contribution is 0.0979. The molecular formula is C13H11ClN4O. The fraction of sp³-hybridized carbons (Fsp3) is 0.154. The third-order valence-electron chi connectivity index (χ3n) is 3.08. The summed E-state index contributed by atoms with van der Waals surface area (Å²) in [6.45, 7) is 0.534. The van der Waals surface area contributed by atoms with Gasteiger partial charge in [0.15, 0.2) is 0 Å². The molecule has 6 heteroatoms. The fourth-order valence-electron chi connectivity index (χ4n) is 2.17. The standard InChI is InChI=1S/C13H11ClN4O/c14-9-3-1-2-4-11(9)18-6-5-10-8(12(18)19)7-16-13(15)17-10/h1-4,7H,5-6H2,(H2,15,16,17). The molecular weight excluding hydrogens is 264 g/mol. The van der Waals surface area contributed by atoms with Crippen molar-refractivity contribution in [1.82, 2.24) is 9.97 Å². The van der Waals surface area contributed by atoms with Crippen LogP contribution in [-0.4, -0.2) is 22.4 Å². The van der Waals surface area contributed by atoms with Crippen LogP contribution in [0.1, 0.15) is 16.1 Å². The molecule has 0 spiro atoms. The van der Waals surface area contributed by atoms with Gasteiger partial charge < -0.3 is 10.6 Å². The van der Waals surface area contributed by atoms with Crippen LogP contribution < -0.4 is 10.6 Å². The van der Waals surface area contributed by atoms with Gasteiger partial charge in [-0.3, -0.25) is 4.79 Å². The predicted octanol–water partition coefficient (Wildman–Crippen LogP) is 1.92. The zero-order chi connectivity index (χ0) is 13.4. The maximum atomic E-state index is 12.4. The lowest BCUT2D eigenvalue weighted by atomic mass is 10.1. The van der Waals surface area contributed by atoms with E-state index in [1.807, 2.05) is 18.2 Å². The van der Waals surface area contributed by atoms with Gasteiger partial charge in [-0.25, -0.2) is 9.97 Å². The van der Waals surface area contributed by atoms with Crippen molar-refractivity contribution < 1.29 is 4.79 Å². The molecule has 19 heavy (non-hydrogen) atoms. The number of hydrogen-bond acceptors (Lipinski definition) is 4. The minimum absolute atomic E-state index is 0.144. The van der Waals surface area contributed by atoms with E-state index in [0.29, 0.717) is 34.9 Å². The van der Waals surface area contributed by atoms with Gasteiger partial charge >= 0.3 is 0 Å². The zero-order valence-electron chi connectivity index (χ0n) is 10.0. The van der Waals surface area contributed by atoms with Crippen LogP contribution >= 0.6 is 11.6 Å². The van der Waals surface area contributed by atoms with E-state index in [4.69, 9.17) is 17.3 Å². The third kappa shape index (κ3) is 2.02. The predicted molar refractivity (Wildman–Crippen MR) is 73.3 cm³/mol. The van der Waals surface area contributed by atoms with Crippen LogP contribution in [0.2, 0.25) is 5.02 Å². The largest absolute Gasteiger partial charge is 0.368 e. The Bertz CT molecular complexity index is 659. The number of halogens is 1. The molecule has 0 saturated carbocycles. The Morgan fingerprint density at radius 3 is 2.89 bits per heavy atom. The molecule has 0 bridgehead atoms. The van der Waals surface area contributed by atoms with Crippen molar-refractivity contribution in [3.05, 3.63) is 46.7 Å². The van der Waals surface area contributed by atoms with Crippen molar-refractivity contribution in [2.45, 2.75) is 6.42 Å². The van der Waals surface area contributed by atoms with Crippen LogP contribution in [0, 0.1) is 0 Å². The number of para-hydroxylation sites is 1. The lowest BCUT2D eigenvalue weighted by Gasteiger charge is -2.28. The molecule has 0 aliphatic carbocycles. The Morgan fingerprint density at radius 1 is 1.32 bits per heavy atom. The number of amides is 1. The summed E-state index contributed by atoms with van der Waals surface area (Å²) in [5, 5.41) is 0.552. The molecule has 1 aliphatic heterocycles. The molecule has 0 radical (unpaired) electrons. The van der Waals surface area contributed by atoms with Gasteiger partial charge in [0.25, 0.3) is 5.91 Å². The Hall–Kier alpha value is -2.14. The maximum Gasteiger partial charge on any atom is 0.261 e. The molecule has 1 aromatic heterocycles. The first kappa shape index (κ1) is 11.9. The van der Waals surface area contributed by atoms with E-state index in [1.54, 1.807) is 11.0 Å². The molecule has 2 aromatic rings. The highest BCUT2D eigenvalue weighted by atomic mass is 35.5. The first-order chi connectivity index (χ1) is 9.16. The van der Waals surface area contributed by atoms with Gasteiger partial charge in [-0.1, -0.05) is 23.7 Å². The number of nitrogens with two attached hydrogens (primary N) is 1. The van der Waals surface area contributed by atoms with Gasteiger partial charge in [0.1, 0.15) is 0 Å². The van der Waals surface area contributed by atoms with Gasteiger partial charge in [-0.05, 0) is 12.1 Å². The molecule has 1 aromatic carbocycles. The average molecular weight is 275 g/mol. The van der Waals surface area contributed by atoms with Gasteiger partial charge in [-0.2, -0.15) is 0 Å². The maximum absolute atomic E-state index is 12.4. The summed E-state index contributed by atoms with van der Waals surface area (Å²) in [7, 11) is 0. The Labute approximate surface area is 115 Å². The van der Waals surface area contributed by atoms with Crippen LogP contribution in [0.5, 0.6) is 0 Å². The van der Waals surface area contributed by atoms with Crippen molar-refractivity contribution in [1.29, 1.82) is 0 Å². The normalized spacial score (nSPS) is 14.4. The summed E-state index contributed by atoms with van der Waals surface area (Å²) >= 11 is 6.13. The molecule has 96 valence electrons. The fourth-order valence-corrected chi connectivity index (χ4v) is 2.40. The smallest absolute Gasteiger partial charge is 0.261 e. The summed E-state index contributed by atoms with van der Waals surface area (Å²) in [4.78, 5) is 22.1. The second-order valence-corrected chi connectivity index (χ2v) is 4.65. The van der Waals surface area contributed by atoms with Crippen LogP contribution in [0.3, 0.4) is 0 Å². The van der Waals surface area contributed by atoms with Gasteiger partial charge in [-0.15, -0.1) is 0 Å². The number of rotatable bonds is 1. The van der Waals surface area contributed by atoms with Crippen LogP contribution in [0.25, 0.3) is 0 Å². The van der Waals surface area contributed by atoms with E-state index in [0.717, 1.165) is 0 Å². The average Bonchev–Trinajstić information content (AvgIpc) is 2.40. The van der Waals surface area contributed by atoms with Crippen molar-refractivity contribution in [3.63, 3.8) is 0 Å². The SMILES string of the molecule is Nc1ncc2c(n1)CCN(c1ccccc1Cl)C2=O. The topological polar surface area (TPSA) is 72.1 Å². The monoisotopic (exact) mass is 274 g/mol. The van der Waals surface area contributed by atoms with Crippen LogP contribution in [-0.2, 0) is 6.42 Å².